The quantitative estimate of drug-likeness (QED) is 0.432. The minimum absolute atomic E-state index is 0. The van der Waals surface area contributed by atoms with Crippen molar-refractivity contribution < 1.29 is 71.9 Å². The largest absolute Gasteiger partial charge is 1.00 e. The molecule has 70 valence electrons. The molecule has 0 bridgehead atoms. The molecule has 1 N–H and O–H groups in total. The van der Waals surface area contributed by atoms with Crippen molar-refractivity contribution >= 4 is 12.0 Å². The van der Waals surface area contributed by atoms with E-state index in [1.165, 1.54) is 0 Å². The predicted molar refractivity (Wildman–Crippen MR) is 54.9 cm³/mol. The molecule has 2 nitrogen and oxygen atoms in total. The molecule has 0 saturated heterocycles. The molecule has 0 radical (unpaired) electrons. The Hall–Kier alpha value is 0.170. The summed E-state index contributed by atoms with van der Waals surface area (Å²) in [6.07, 6.45) is 5.33. The van der Waals surface area contributed by atoms with Crippen molar-refractivity contribution in [2.75, 3.05) is 0 Å². The normalized spacial score (nSPS) is 8.80. The van der Waals surface area contributed by atoms with Crippen LogP contribution in [0.4, 0.5) is 0 Å². The summed E-state index contributed by atoms with van der Waals surface area (Å²) in [5.74, 6) is -0.903. The van der Waals surface area contributed by atoms with E-state index in [1.54, 1.807) is 36.4 Å². The number of aromatic carboxylic acids is 1. The van der Waals surface area contributed by atoms with Gasteiger partial charge in [0.1, 0.15) is 0 Å². The van der Waals surface area contributed by atoms with Gasteiger partial charge < -0.3 is 7.96 Å². The Kier molecular flexibility index (Phi) is 11.0. The number of hydrogen-bond acceptors (Lipinski definition) is 1. The number of rotatable bonds is 3. The molecule has 1 rings (SSSR count). The zero-order chi connectivity index (χ0) is 9.68. The summed E-state index contributed by atoms with van der Waals surface area (Å²) in [6, 6.07) is 6.66. The molecule has 0 heterocycles. The number of carboxylic acids is 1. The number of hydrogen-bond donors (Lipinski definition) is 1. The van der Waals surface area contributed by atoms with Gasteiger partial charge in [-0.1, -0.05) is 36.9 Å². The van der Waals surface area contributed by atoms with Crippen molar-refractivity contribution in [2.24, 2.45) is 0 Å². The van der Waals surface area contributed by atoms with E-state index in [1.807, 2.05) is 6.08 Å². The van der Waals surface area contributed by atoms with E-state index in [9.17, 15) is 4.79 Å². The number of allylic oxidation sites excluding steroid dienone is 2. The fraction of sp³-hybridized carbons (Fsp3) is 0. The first-order valence-electron chi connectivity index (χ1n) is 3.86. The Bertz CT molecular complexity index is 351. The zero-order valence-corrected chi connectivity index (χ0v) is 13.1. The average Bonchev–Trinajstić information content (AvgIpc) is 2.15. The molecule has 0 spiro atoms. The van der Waals surface area contributed by atoms with Crippen molar-refractivity contribution in [3.05, 3.63) is 54.1 Å². The summed E-state index contributed by atoms with van der Waals surface area (Å²) < 4.78 is 0. The summed E-state index contributed by atoms with van der Waals surface area (Å²) >= 11 is 0. The molecule has 0 unspecified atom stereocenters. The van der Waals surface area contributed by atoms with E-state index in [0.717, 1.165) is 5.56 Å². The molecule has 0 fully saturated rings. The van der Waals surface area contributed by atoms with E-state index in [4.69, 9.17) is 5.11 Å². The van der Waals surface area contributed by atoms with Crippen LogP contribution in [0.5, 0.6) is 0 Å². The van der Waals surface area contributed by atoms with Crippen molar-refractivity contribution in [3.63, 3.8) is 0 Å². The molecule has 0 aliphatic rings. The van der Waals surface area contributed by atoms with Crippen molar-refractivity contribution in [2.45, 2.75) is 0 Å². The van der Waals surface area contributed by atoms with Crippen LogP contribution in [0.2, 0.25) is 0 Å². The summed E-state index contributed by atoms with van der Waals surface area (Å²) in [7, 11) is 0. The van der Waals surface area contributed by atoms with E-state index in [-0.39, 0.29) is 62.0 Å². The topological polar surface area (TPSA) is 37.3 Å². The fourth-order valence-corrected chi connectivity index (χ4v) is 0.916. The second-order valence-corrected chi connectivity index (χ2v) is 2.52. The molecule has 15 heavy (non-hydrogen) atoms. The average molecular weight is 222 g/mol. The minimum Gasteiger partial charge on any atom is -1.00 e. The third-order valence-corrected chi connectivity index (χ3v) is 1.58. The van der Waals surface area contributed by atoms with Crippen LogP contribution in [0, 0.1) is 0 Å². The van der Waals surface area contributed by atoms with Crippen LogP contribution >= 0.6 is 0 Å². The van der Waals surface area contributed by atoms with Gasteiger partial charge in [-0.2, -0.15) is 0 Å². The van der Waals surface area contributed by atoms with Gasteiger partial charge in [0.2, 0.25) is 0 Å². The number of carbonyl (C=O) groups is 1. The van der Waals surface area contributed by atoms with Crippen molar-refractivity contribution in [1.82, 2.24) is 0 Å². The predicted octanol–water partition coefficient (Wildman–Crippen LogP) is -3.18. The standard InChI is InChI=1S/C11H10O2.2Na.2H/c1-2-3-4-9-5-7-10(8-6-9)11(12)13;;;;/h2-8H,1H2,(H,12,13);;;;/q;2*+1;2*-1. The van der Waals surface area contributed by atoms with Crippen LogP contribution in [-0.4, -0.2) is 11.1 Å². The van der Waals surface area contributed by atoms with E-state index in [0.29, 0.717) is 5.56 Å². The Labute approximate surface area is 137 Å². The van der Waals surface area contributed by atoms with Gasteiger partial charge in [-0.05, 0) is 17.7 Å². The summed E-state index contributed by atoms with van der Waals surface area (Å²) in [5, 5.41) is 8.62. The van der Waals surface area contributed by atoms with Gasteiger partial charge in [-0.15, -0.1) is 0 Å². The smallest absolute Gasteiger partial charge is 1.00 e. The zero-order valence-electron chi connectivity index (χ0n) is 11.1. The maximum atomic E-state index is 10.5. The van der Waals surface area contributed by atoms with Gasteiger partial charge in [0.25, 0.3) is 0 Å². The molecule has 0 aromatic heterocycles. The summed E-state index contributed by atoms with van der Waals surface area (Å²) in [6.45, 7) is 3.54. The summed E-state index contributed by atoms with van der Waals surface area (Å²) in [4.78, 5) is 10.5. The van der Waals surface area contributed by atoms with E-state index >= 15 is 0 Å². The molecule has 1 aromatic carbocycles. The minimum atomic E-state index is -0.903. The first-order valence-corrected chi connectivity index (χ1v) is 3.86. The van der Waals surface area contributed by atoms with Crippen LogP contribution < -0.4 is 59.1 Å². The third-order valence-electron chi connectivity index (χ3n) is 1.58. The van der Waals surface area contributed by atoms with Gasteiger partial charge >= 0.3 is 65.1 Å². The number of benzene rings is 1. The first kappa shape index (κ1) is 17.6. The van der Waals surface area contributed by atoms with Gasteiger partial charge in [-0.25, -0.2) is 4.79 Å². The van der Waals surface area contributed by atoms with Crippen molar-refractivity contribution in [3.8, 4) is 0 Å². The molecule has 1 aromatic rings. The Morgan fingerprint density at radius 3 is 2.20 bits per heavy atom. The SMILES string of the molecule is C=CC=Cc1ccc(C(=O)O)cc1.[H-].[H-].[Na+].[Na+]. The monoisotopic (exact) mass is 222 g/mol. The van der Waals surface area contributed by atoms with E-state index in [2.05, 4.69) is 6.58 Å². The molecular formula is C11H12Na2O2. The van der Waals surface area contributed by atoms with E-state index < -0.39 is 5.97 Å². The second-order valence-electron chi connectivity index (χ2n) is 2.52. The Balaban J connectivity index is -0.000000211. The number of carboxylic acid groups (broad SMARTS) is 1. The maximum Gasteiger partial charge on any atom is 1.00 e. The Morgan fingerprint density at radius 1 is 1.27 bits per heavy atom. The second kappa shape index (κ2) is 9.40. The van der Waals surface area contributed by atoms with Crippen LogP contribution in [-0.2, 0) is 0 Å². The molecule has 0 amide bonds. The Morgan fingerprint density at radius 2 is 1.80 bits per heavy atom. The molecule has 4 heteroatoms. The maximum absolute atomic E-state index is 10.5. The van der Waals surface area contributed by atoms with Crippen LogP contribution in [0.3, 0.4) is 0 Å². The molecule has 0 saturated carbocycles. The molecule has 0 atom stereocenters. The first-order chi connectivity index (χ1) is 6.24. The molecule has 0 aliphatic carbocycles. The fourth-order valence-electron chi connectivity index (χ4n) is 0.916. The van der Waals surface area contributed by atoms with Gasteiger partial charge in [0, 0.05) is 0 Å². The molecular weight excluding hydrogens is 210 g/mol. The molecule has 0 aliphatic heterocycles. The summed E-state index contributed by atoms with van der Waals surface area (Å²) in [5.41, 5.74) is 1.26. The van der Waals surface area contributed by atoms with Crippen LogP contribution in [0.1, 0.15) is 18.8 Å². The van der Waals surface area contributed by atoms with Gasteiger partial charge in [0.05, 0.1) is 5.56 Å². The van der Waals surface area contributed by atoms with Crippen molar-refractivity contribution in [1.29, 1.82) is 0 Å². The van der Waals surface area contributed by atoms with Gasteiger partial charge in [0.15, 0.2) is 0 Å². The van der Waals surface area contributed by atoms with Crippen LogP contribution in [0.25, 0.3) is 6.08 Å². The third kappa shape index (κ3) is 6.36. The van der Waals surface area contributed by atoms with Gasteiger partial charge in [-0.3, -0.25) is 0 Å². The van der Waals surface area contributed by atoms with Crippen LogP contribution in [0.15, 0.2) is 43.0 Å².